The summed E-state index contributed by atoms with van der Waals surface area (Å²) in [4.78, 5) is 37.4. The van der Waals surface area contributed by atoms with Crippen molar-refractivity contribution in [3.8, 4) is 11.1 Å². The van der Waals surface area contributed by atoms with Gasteiger partial charge in [-0.25, -0.2) is 9.59 Å². The van der Waals surface area contributed by atoms with Gasteiger partial charge in [-0.2, -0.15) is 4.37 Å². The molecule has 0 spiro atoms. The number of aromatic nitrogens is 1. The Morgan fingerprint density at radius 3 is 2.26 bits per heavy atom. The van der Waals surface area contributed by atoms with E-state index >= 15 is 0 Å². The summed E-state index contributed by atoms with van der Waals surface area (Å²) in [6.07, 6.45) is -0.791. The van der Waals surface area contributed by atoms with Crippen LogP contribution < -0.4 is 10.6 Å². The average Bonchev–Trinajstić information content (AvgIpc) is 3.35. The number of fused-ring (bicyclic) bond motifs is 3. The highest BCUT2D eigenvalue weighted by atomic mass is 32.1. The standard InChI is InChI=1S/C25H25N3O6S/c1-14-20(22(29)30)21(35-28-14)26-23(31)25(2,13-33-3)27-24(32)34-12-19-17-10-6-4-8-15(17)16-9-5-7-11-18(16)19/h4-11,19H,12-13H2,1-3H3,(H,26,31)(H,27,32)(H,29,30). The Hall–Kier alpha value is -3.76. The molecule has 3 aromatic rings. The number of nitrogens with one attached hydrogen (secondary N) is 2. The zero-order chi connectivity index (χ0) is 25.2. The summed E-state index contributed by atoms with van der Waals surface area (Å²) >= 11 is 0.852. The zero-order valence-electron chi connectivity index (χ0n) is 19.5. The second-order valence-corrected chi connectivity index (χ2v) is 9.22. The maximum Gasteiger partial charge on any atom is 0.408 e. The Labute approximate surface area is 206 Å². The molecule has 35 heavy (non-hydrogen) atoms. The van der Waals surface area contributed by atoms with Gasteiger partial charge in [0.2, 0.25) is 0 Å². The lowest BCUT2D eigenvalue weighted by Gasteiger charge is -2.28. The van der Waals surface area contributed by atoms with Crippen LogP contribution >= 0.6 is 11.5 Å². The van der Waals surface area contributed by atoms with Crippen molar-refractivity contribution in [2.24, 2.45) is 0 Å². The number of amides is 2. The maximum atomic E-state index is 13.1. The fourth-order valence-electron chi connectivity index (χ4n) is 4.25. The number of hydrogen-bond acceptors (Lipinski definition) is 7. The molecule has 1 heterocycles. The fourth-order valence-corrected chi connectivity index (χ4v) is 5.04. The molecule has 0 saturated heterocycles. The van der Waals surface area contributed by atoms with Crippen LogP contribution in [0.4, 0.5) is 9.80 Å². The van der Waals surface area contributed by atoms with E-state index in [1.54, 1.807) is 6.92 Å². The summed E-state index contributed by atoms with van der Waals surface area (Å²) in [5, 5.41) is 14.6. The van der Waals surface area contributed by atoms with Crippen LogP contribution in [0.25, 0.3) is 11.1 Å². The van der Waals surface area contributed by atoms with E-state index in [9.17, 15) is 19.5 Å². The lowest BCUT2D eigenvalue weighted by molar-refractivity contribution is -0.123. The first-order valence-electron chi connectivity index (χ1n) is 10.9. The van der Waals surface area contributed by atoms with Crippen molar-refractivity contribution in [1.29, 1.82) is 0 Å². The average molecular weight is 496 g/mol. The van der Waals surface area contributed by atoms with Gasteiger partial charge in [-0.1, -0.05) is 48.5 Å². The monoisotopic (exact) mass is 495 g/mol. The van der Waals surface area contributed by atoms with Crippen molar-refractivity contribution in [1.82, 2.24) is 9.69 Å². The van der Waals surface area contributed by atoms with Crippen molar-refractivity contribution in [3.05, 3.63) is 70.9 Å². The minimum atomic E-state index is -1.52. The summed E-state index contributed by atoms with van der Waals surface area (Å²) in [5.41, 5.74) is 3.02. The molecule has 0 fully saturated rings. The third-order valence-electron chi connectivity index (χ3n) is 5.96. The summed E-state index contributed by atoms with van der Waals surface area (Å²) in [7, 11) is 1.39. The Morgan fingerprint density at radius 2 is 1.69 bits per heavy atom. The highest BCUT2D eigenvalue weighted by Crippen LogP contribution is 2.44. The summed E-state index contributed by atoms with van der Waals surface area (Å²) < 4.78 is 14.7. The van der Waals surface area contributed by atoms with Gasteiger partial charge in [-0.05, 0) is 47.6 Å². The van der Waals surface area contributed by atoms with Crippen molar-refractivity contribution < 1.29 is 29.0 Å². The highest BCUT2D eigenvalue weighted by Gasteiger charge is 2.38. The van der Waals surface area contributed by atoms with Crippen LogP contribution in [-0.2, 0) is 14.3 Å². The minimum absolute atomic E-state index is 0.0802. The number of aromatic carboxylic acids is 1. The second-order valence-electron chi connectivity index (χ2n) is 8.45. The summed E-state index contributed by atoms with van der Waals surface area (Å²) in [5.74, 6) is -1.99. The van der Waals surface area contributed by atoms with E-state index in [0.29, 0.717) is 0 Å². The summed E-state index contributed by atoms with van der Waals surface area (Å²) in [6, 6.07) is 16.0. The first-order chi connectivity index (χ1) is 16.7. The fraction of sp³-hybridized carbons (Fsp3) is 0.280. The highest BCUT2D eigenvalue weighted by molar-refractivity contribution is 7.11. The van der Waals surface area contributed by atoms with Gasteiger partial charge in [0.05, 0.1) is 12.3 Å². The van der Waals surface area contributed by atoms with Gasteiger partial charge >= 0.3 is 12.1 Å². The second kappa shape index (κ2) is 9.85. The number of rotatable bonds is 8. The van der Waals surface area contributed by atoms with Crippen molar-refractivity contribution in [2.75, 3.05) is 25.6 Å². The molecule has 0 bridgehead atoms. The van der Waals surface area contributed by atoms with Crippen LogP contribution in [0.1, 0.15) is 40.0 Å². The van der Waals surface area contributed by atoms with Crippen molar-refractivity contribution >= 4 is 34.5 Å². The van der Waals surface area contributed by atoms with Crippen molar-refractivity contribution in [3.63, 3.8) is 0 Å². The Kier molecular flexibility index (Phi) is 6.86. The van der Waals surface area contributed by atoms with Crippen LogP contribution in [0.15, 0.2) is 48.5 Å². The molecule has 0 aliphatic heterocycles. The quantitative estimate of drug-likeness (QED) is 0.431. The molecule has 0 saturated carbocycles. The van der Waals surface area contributed by atoms with Gasteiger partial charge in [-0.15, -0.1) is 0 Å². The molecule has 2 aromatic carbocycles. The Balaban J connectivity index is 1.47. The molecule has 1 atom stereocenters. The molecule has 10 heteroatoms. The molecule has 1 unspecified atom stereocenters. The van der Waals surface area contributed by atoms with E-state index in [2.05, 4.69) is 15.0 Å². The molecule has 2 amide bonds. The van der Waals surface area contributed by atoms with E-state index in [-0.39, 0.29) is 35.4 Å². The number of alkyl carbamates (subject to hydrolysis) is 1. The summed E-state index contributed by atoms with van der Waals surface area (Å²) in [6.45, 7) is 2.94. The number of carbonyl (C=O) groups excluding carboxylic acids is 2. The zero-order valence-corrected chi connectivity index (χ0v) is 20.3. The molecule has 182 valence electrons. The third kappa shape index (κ3) is 4.75. The first kappa shape index (κ1) is 24.4. The van der Waals surface area contributed by atoms with E-state index in [1.807, 2.05) is 48.5 Å². The number of methoxy groups -OCH3 is 1. The number of benzene rings is 2. The molecule has 1 aliphatic carbocycles. The number of aryl methyl sites for hydroxylation is 1. The predicted octanol–water partition coefficient (Wildman–Crippen LogP) is 4.03. The minimum Gasteiger partial charge on any atom is -0.478 e. The molecular formula is C25H25N3O6S. The van der Waals surface area contributed by atoms with Gasteiger partial charge in [0, 0.05) is 13.0 Å². The van der Waals surface area contributed by atoms with Gasteiger partial charge in [-0.3, -0.25) is 4.79 Å². The number of anilines is 1. The SMILES string of the molecule is COCC(C)(NC(=O)OCC1c2ccccc2-c2ccccc21)C(=O)Nc1snc(C)c1C(=O)O. The van der Waals surface area contributed by atoms with E-state index in [0.717, 1.165) is 33.8 Å². The molecule has 0 radical (unpaired) electrons. The van der Waals surface area contributed by atoms with Gasteiger partial charge in [0.1, 0.15) is 22.7 Å². The molecule has 1 aliphatic rings. The number of hydrogen-bond donors (Lipinski definition) is 3. The number of carbonyl (C=O) groups is 3. The Bertz CT molecular complexity index is 1240. The predicted molar refractivity (Wildman–Crippen MR) is 131 cm³/mol. The molecule has 9 nitrogen and oxygen atoms in total. The normalized spacial score (nSPS) is 13.9. The molecule has 1 aromatic heterocycles. The molecule has 3 N–H and O–H groups in total. The largest absolute Gasteiger partial charge is 0.478 e. The van der Waals surface area contributed by atoms with Crippen LogP contribution in [0.2, 0.25) is 0 Å². The molecule has 4 rings (SSSR count). The Morgan fingerprint density at radius 1 is 1.09 bits per heavy atom. The van der Waals surface area contributed by atoms with E-state index in [1.165, 1.54) is 14.0 Å². The van der Waals surface area contributed by atoms with Crippen LogP contribution in [0.5, 0.6) is 0 Å². The number of carboxylic acids is 1. The van der Waals surface area contributed by atoms with Gasteiger partial charge in [0.15, 0.2) is 0 Å². The van der Waals surface area contributed by atoms with Gasteiger partial charge < -0.3 is 25.2 Å². The number of nitrogens with zero attached hydrogens (tertiary/aromatic N) is 1. The van der Waals surface area contributed by atoms with Gasteiger partial charge in [0.25, 0.3) is 5.91 Å². The lowest BCUT2D eigenvalue weighted by atomic mass is 9.98. The lowest BCUT2D eigenvalue weighted by Crippen LogP contribution is -2.57. The maximum absolute atomic E-state index is 13.1. The van der Waals surface area contributed by atoms with Crippen LogP contribution in [0.3, 0.4) is 0 Å². The number of ether oxygens (including phenoxy) is 2. The third-order valence-corrected chi connectivity index (χ3v) is 6.81. The van der Waals surface area contributed by atoms with Crippen LogP contribution in [-0.4, -0.2) is 53.3 Å². The first-order valence-corrected chi connectivity index (χ1v) is 11.7. The van der Waals surface area contributed by atoms with Crippen LogP contribution in [0, 0.1) is 6.92 Å². The van der Waals surface area contributed by atoms with E-state index < -0.39 is 23.5 Å². The van der Waals surface area contributed by atoms with Crippen molar-refractivity contribution in [2.45, 2.75) is 25.3 Å². The smallest absolute Gasteiger partial charge is 0.408 e. The topological polar surface area (TPSA) is 127 Å². The number of carboxylic acid groups (broad SMARTS) is 1. The molecular weight excluding hydrogens is 470 g/mol. The van der Waals surface area contributed by atoms with E-state index in [4.69, 9.17) is 9.47 Å².